The van der Waals surface area contributed by atoms with E-state index in [0.29, 0.717) is 0 Å². The summed E-state index contributed by atoms with van der Waals surface area (Å²) in [5.74, 6) is 0. The maximum Gasteiger partial charge on any atom is 1.00 e. The molecule has 2 nitrogen and oxygen atoms in total. The van der Waals surface area contributed by atoms with Crippen molar-refractivity contribution in [2.24, 2.45) is 0 Å². The Morgan fingerprint density at radius 2 is 1.27 bits per heavy atom. The van der Waals surface area contributed by atoms with Crippen LogP contribution in [0.25, 0.3) is 0 Å². The molecule has 0 bridgehead atoms. The van der Waals surface area contributed by atoms with Crippen LogP contribution in [0.5, 0.6) is 0 Å². The SMILES string of the molecule is [B].[Br-].[H-].[Na+].c1ccc(CN2CCC3=C(CCCC3)C2)cc1.c1ccc(C[n+]2ccc3c(c2)CCCC3)cc1. The molecule has 0 saturated heterocycles. The summed E-state index contributed by atoms with van der Waals surface area (Å²) in [6.07, 6.45) is 16.7. The number of fused-ring (bicyclic) bond motifs is 1. The molecule has 1 aromatic heterocycles. The van der Waals surface area contributed by atoms with Crippen LogP contribution in [-0.4, -0.2) is 26.4 Å². The van der Waals surface area contributed by atoms with Crippen molar-refractivity contribution in [2.45, 2.75) is 70.9 Å². The third-order valence-corrected chi connectivity index (χ3v) is 7.65. The number of benzene rings is 2. The smallest absolute Gasteiger partial charge is 1.00 e. The fourth-order valence-corrected chi connectivity index (χ4v) is 5.75. The number of hydrogen-bond donors (Lipinski definition) is 0. The molecule has 1 aliphatic heterocycles. The number of aryl methyl sites for hydroxylation is 2. The van der Waals surface area contributed by atoms with Crippen molar-refractivity contribution in [3.05, 3.63) is 113 Å². The van der Waals surface area contributed by atoms with Crippen LogP contribution >= 0.6 is 0 Å². The minimum absolute atomic E-state index is 0. The van der Waals surface area contributed by atoms with Gasteiger partial charge in [-0.2, -0.15) is 0 Å². The van der Waals surface area contributed by atoms with Gasteiger partial charge in [0.1, 0.15) is 0 Å². The molecule has 2 heterocycles. The summed E-state index contributed by atoms with van der Waals surface area (Å²) in [4.78, 5) is 2.61. The maximum absolute atomic E-state index is 2.61. The second kappa shape index (κ2) is 16.7. The summed E-state index contributed by atoms with van der Waals surface area (Å²) in [7, 11) is 0. The predicted octanol–water partition coefficient (Wildman–Crippen LogP) is 0.404. The third kappa shape index (κ3) is 9.51. The van der Waals surface area contributed by atoms with Crippen LogP contribution < -0.4 is 51.1 Å². The topological polar surface area (TPSA) is 7.12 Å². The van der Waals surface area contributed by atoms with E-state index >= 15 is 0 Å². The number of pyridine rings is 1. The zero-order chi connectivity index (χ0) is 23.0. The average molecular weight is 566 g/mol. The van der Waals surface area contributed by atoms with Gasteiger partial charge in [-0.25, -0.2) is 4.57 Å². The van der Waals surface area contributed by atoms with Gasteiger partial charge < -0.3 is 18.4 Å². The van der Waals surface area contributed by atoms with Gasteiger partial charge in [0.25, 0.3) is 0 Å². The molecule has 37 heavy (non-hydrogen) atoms. The van der Waals surface area contributed by atoms with E-state index in [1.807, 2.05) is 0 Å². The number of hydrogen-bond acceptors (Lipinski definition) is 1. The molecule has 0 atom stereocenters. The molecule has 0 unspecified atom stereocenters. The largest absolute Gasteiger partial charge is 1.00 e. The standard InChI is InChI=1S/C16H21N.C16H18N.B.BrH.Na.H/c2*1-2-6-14(7-3-1)12-17-11-10-15-8-4-5-9-16(15)13-17;;;;/h1-3,6-7H,4-5,8-13H2;1-3,6-7,10-11,13H,4-5,8-9,12H2;;1H;;/q;+1;;;+1;-1/p-1. The van der Waals surface area contributed by atoms with Crippen molar-refractivity contribution in [1.29, 1.82) is 0 Å². The third-order valence-electron chi connectivity index (χ3n) is 7.65. The Hall–Kier alpha value is -1.17. The molecule has 5 heteroatoms. The maximum atomic E-state index is 2.61. The molecule has 3 radical (unpaired) electrons. The van der Waals surface area contributed by atoms with Gasteiger partial charge in [0.15, 0.2) is 18.9 Å². The van der Waals surface area contributed by atoms with Crippen molar-refractivity contribution < 1.29 is 52.5 Å². The summed E-state index contributed by atoms with van der Waals surface area (Å²) < 4.78 is 2.31. The second-order valence-electron chi connectivity index (χ2n) is 10.2. The van der Waals surface area contributed by atoms with Crippen LogP contribution in [0.3, 0.4) is 0 Å². The monoisotopic (exact) mass is 565 g/mol. The molecule has 3 aliphatic rings. The first kappa shape index (κ1) is 32.0. The molecule has 0 N–H and O–H groups in total. The van der Waals surface area contributed by atoms with E-state index in [9.17, 15) is 0 Å². The predicted molar refractivity (Wildman–Crippen MR) is 148 cm³/mol. The van der Waals surface area contributed by atoms with Crippen LogP contribution in [0.15, 0.2) is 90.3 Å². The Kier molecular flexibility index (Phi) is 14.5. The van der Waals surface area contributed by atoms with E-state index in [1.165, 1.54) is 82.0 Å². The first-order valence-electron chi connectivity index (χ1n) is 13.3. The minimum Gasteiger partial charge on any atom is -1.00 e. The molecule has 2 aliphatic carbocycles. The van der Waals surface area contributed by atoms with Gasteiger partial charge in [-0.05, 0) is 68.9 Å². The Morgan fingerprint density at radius 3 is 1.97 bits per heavy atom. The fourth-order valence-electron chi connectivity index (χ4n) is 5.75. The van der Waals surface area contributed by atoms with E-state index in [1.54, 1.807) is 22.3 Å². The van der Waals surface area contributed by atoms with Crippen LogP contribution in [0, 0.1) is 0 Å². The molecule has 3 aromatic rings. The van der Waals surface area contributed by atoms with Gasteiger partial charge >= 0.3 is 29.6 Å². The summed E-state index contributed by atoms with van der Waals surface area (Å²) in [6.45, 7) is 4.59. The van der Waals surface area contributed by atoms with Gasteiger partial charge in [-0.1, -0.05) is 71.8 Å². The normalized spacial score (nSPS) is 16.4. The van der Waals surface area contributed by atoms with E-state index in [4.69, 9.17) is 0 Å². The molecule has 0 amide bonds. The van der Waals surface area contributed by atoms with Crippen molar-refractivity contribution in [2.75, 3.05) is 13.1 Å². The van der Waals surface area contributed by atoms with Gasteiger partial charge in [-0.3, -0.25) is 4.90 Å². The number of nitrogens with zero attached hydrogens (tertiary/aromatic N) is 2. The fraction of sp³-hybridized carbons (Fsp3) is 0.406. The number of halogens is 1. The van der Waals surface area contributed by atoms with E-state index in [-0.39, 0.29) is 56.4 Å². The number of rotatable bonds is 4. The van der Waals surface area contributed by atoms with Gasteiger partial charge in [0.2, 0.25) is 0 Å². The van der Waals surface area contributed by atoms with Gasteiger partial charge in [-0.15, -0.1) is 0 Å². The van der Waals surface area contributed by atoms with Gasteiger partial charge in [0.05, 0.1) is 0 Å². The summed E-state index contributed by atoms with van der Waals surface area (Å²) in [6, 6.07) is 23.8. The second-order valence-corrected chi connectivity index (χ2v) is 10.2. The minimum atomic E-state index is 0. The zero-order valence-corrected chi connectivity index (χ0v) is 26.1. The molecule has 6 rings (SSSR count). The van der Waals surface area contributed by atoms with Crippen LogP contribution in [0.2, 0.25) is 0 Å². The Labute approximate surface area is 260 Å². The molecule has 2 aromatic carbocycles. The first-order valence-corrected chi connectivity index (χ1v) is 13.3. The Bertz CT molecular complexity index is 1110. The molecule has 189 valence electrons. The van der Waals surface area contributed by atoms with Crippen LogP contribution in [0.1, 0.15) is 68.6 Å². The van der Waals surface area contributed by atoms with E-state index in [2.05, 4.69) is 88.6 Å². The number of aromatic nitrogens is 1. The molecular formula is C32H40BBrN2Na. The molecule has 0 spiro atoms. The zero-order valence-electron chi connectivity index (χ0n) is 23.5. The summed E-state index contributed by atoms with van der Waals surface area (Å²) in [5, 5.41) is 0. The van der Waals surface area contributed by atoms with Crippen molar-refractivity contribution in [1.82, 2.24) is 4.90 Å². The quantitative estimate of drug-likeness (QED) is 0.252. The van der Waals surface area contributed by atoms with Crippen molar-refractivity contribution in [3.8, 4) is 0 Å². The molecule has 0 fully saturated rings. The Balaban J connectivity index is 0.000000344. The Morgan fingerprint density at radius 1 is 0.676 bits per heavy atom. The average Bonchev–Trinajstić information content (AvgIpc) is 2.90. The van der Waals surface area contributed by atoms with Crippen LogP contribution in [0.4, 0.5) is 0 Å². The molecular weight excluding hydrogens is 526 g/mol. The van der Waals surface area contributed by atoms with Crippen molar-refractivity contribution in [3.63, 3.8) is 0 Å². The van der Waals surface area contributed by atoms with Crippen molar-refractivity contribution >= 4 is 8.41 Å². The summed E-state index contributed by atoms with van der Waals surface area (Å²) >= 11 is 0. The first-order chi connectivity index (χ1) is 16.8. The van der Waals surface area contributed by atoms with Crippen LogP contribution in [-0.2, 0) is 25.9 Å². The van der Waals surface area contributed by atoms with E-state index < -0.39 is 0 Å². The summed E-state index contributed by atoms with van der Waals surface area (Å²) in [5.41, 5.74) is 9.48. The molecule has 0 saturated carbocycles. The van der Waals surface area contributed by atoms with E-state index in [0.717, 1.165) is 13.1 Å². The van der Waals surface area contributed by atoms with Gasteiger partial charge in [0, 0.05) is 45.2 Å².